The zero-order valence-corrected chi connectivity index (χ0v) is 22.0. The fourth-order valence-corrected chi connectivity index (χ4v) is 3.33. The minimum absolute atomic E-state index is 0.286. The third kappa shape index (κ3) is 7.99. The summed E-state index contributed by atoms with van der Waals surface area (Å²) >= 11 is 11.4. The predicted molar refractivity (Wildman–Crippen MR) is 144 cm³/mol. The van der Waals surface area contributed by atoms with E-state index in [0.717, 1.165) is 23.1 Å². The van der Waals surface area contributed by atoms with Gasteiger partial charge in [0.25, 0.3) is 0 Å². The monoisotopic (exact) mass is 541 g/mol. The Labute approximate surface area is 223 Å². The van der Waals surface area contributed by atoms with Crippen LogP contribution in [0.4, 0.5) is 4.39 Å². The van der Waals surface area contributed by atoms with E-state index in [2.05, 4.69) is 15.3 Å². The first-order valence-corrected chi connectivity index (χ1v) is 11.7. The van der Waals surface area contributed by atoms with Gasteiger partial charge in [-0.1, -0.05) is 35.9 Å². The molecule has 0 spiro atoms. The minimum atomic E-state index is -0.286. The van der Waals surface area contributed by atoms with Crippen molar-refractivity contribution in [2.75, 3.05) is 21.2 Å². The van der Waals surface area contributed by atoms with Crippen molar-refractivity contribution in [3.63, 3.8) is 0 Å². The molecule has 1 amide bonds. The van der Waals surface area contributed by atoms with Gasteiger partial charge in [-0.3, -0.25) is 4.79 Å². The number of benzene rings is 3. The molecule has 4 rings (SSSR count). The summed E-state index contributed by atoms with van der Waals surface area (Å²) in [7, 11) is 4.93. The van der Waals surface area contributed by atoms with Crippen LogP contribution in [-0.4, -0.2) is 53.6 Å². The lowest BCUT2D eigenvalue weighted by Crippen LogP contribution is -2.06. The van der Waals surface area contributed by atoms with Crippen molar-refractivity contribution < 1.29 is 18.7 Å². The maximum Gasteiger partial charge on any atom is 0.216 e. The number of H-pyrrole nitrogens is 1. The molecule has 8 nitrogen and oxygen atoms in total. The van der Waals surface area contributed by atoms with Crippen LogP contribution < -0.4 is 9.47 Å². The number of hydrogen-bond donors (Lipinski definition) is 1. The summed E-state index contributed by atoms with van der Waals surface area (Å²) in [6.07, 6.45) is 2.39. The summed E-state index contributed by atoms with van der Waals surface area (Å²) in [5.41, 5.74) is 2.40. The van der Waals surface area contributed by atoms with Crippen molar-refractivity contribution in [1.82, 2.24) is 19.8 Å². The summed E-state index contributed by atoms with van der Waals surface area (Å²) in [4.78, 5) is 10.9. The number of halogens is 2. The smallest absolute Gasteiger partial charge is 0.216 e. The molecule has 11 heteroatoms. The van der Waals surface area contributed by atoms with Gasteiger partial charge in [0, 0.05) is 24.7 Å². The normalized spacial score (nSPS) is 10.5. The lowest BCUT2D eigenvalue weighted by molar-refractivity contribution is -0.115. The van der Waals surface area contributed by atoms with Crippen LogP contribution in [-0.2, 0) is 11.4 Å². The highest BCUT2D eigenvalue weighted by molar-refractivity contribution is 7.71. The number of amides is 1. The highest BCUT2D eigenvalue weighted by atomic mass is 35.5. The quantitative estimate of drug-likeness (QED) is 0.179. The number of carbonyl (C=O) groups is 1. The minimum Gasteiger partial charge on any atom is -0.493 e. The van der Waals surface area contributed by atoms with Gasteiger partial charge in [-0.05, 0) is 65.8 Å². The molecule has 0 saturated heterocycles. The van der Waals surface area contributed by atoms with Gasteiger partial charge in [0.2, 0.25) is 11.2 Å². The van der Waals surface area contributed by atoms with Gasteiger partial charge in [-0.25, -0.2) is 9.49 Å². The van der Waals surface area contributed by atoms with Gasteiger partial charge in [0.05, 0.1) is 13.3 Å². The molecule has 0 unspecified atom stereocenters. The van der Waals surface area contributed by atoms with Crippen molar-refractivity contribution in [3.05, 3.63) is 93.5 Å². The molecular weight excluding hydrogens is 517 g/mol. The molecule has 37 heavy (non-hydrogen) atoms. The van der Waals surface area contributed by atoms with Gasteiger partial charge in [-0.15, -0.1) is 0 Å². The third-order valence-electron chi connectivity index (χ3n) is 4.76. The van der Waals surface area contributed by atoms with E-state index in [1.165, 1.54) is 21.7 Å². The maximum absolute atomic E-state index is 13.1. The molecule has 0 bridgehead atoms. The first kappa shape index (κ1) is 27.6. The largest absolute Gasteiger partial charge is 0.493 e. The van der Waals surface area contributed by atoms with Crippen LogP contribution in [0, 0.1) is 10.6 Å². The Balaban J connectivity index is 0.000000695. The van der Waals surface area contributed by atoms with Crippen molar-refractivity contribution >= 4 is 36.4 Å². The molecule has 0 aliphatic carbocycles. The molecule has 0 fully saturated rings. The van der Waals surface area contributed by atoms with Crippen molar-refractivity contribution in [1.29, 1.82) is 0 Å². The number of carbonyl (C=O) groups excluding carboxylic acids is 1. The molecule has 1 heterocycles. The van der Waals surface area contributed by atoms with Crippen molar-refractivity contribution in [2.24, 2.45) is 5.10 Å². The Morgan fingerprint density at radius 2 is 1.86 bits per heavy atom. The molecule has 0 radical (unpaired) electrons. The first-order chi connectivity index (χ1) is 17.8. The zero-order chi connectivity index (χ0) is 26.8. The number of aromatic nitrogens is 3. The van der Waals surface area contributed by atoms with Crippen LogP contribution in [0.1, 0.15) is 11.1 Å². The van der Waals surface area contributed by atoms with Crippen LogP contribution in [0.25, 0.3) is 11.4 Å². The van der Waals surface area contributed by atoms with Gasteiger partial charge in [0.15, 0.2) is 17.3 Å². The fraction of sp³-hybridized carbons (Fsp3) is 0.154. The van der Waals surface area contributed by atoms with Crippen LogP contribution in [0.2, 0.25) is 5.02 Å². The van der Waals surface area contributed by atoms with E-state index in [4.69, 9.17) is 33.3 Å². The van der Waals surface area contributed by atoms with Crippen molar-refractivity contribution in [3.8, 4) is 22.9 Å². The van der Waals surface area contributed by atoms with E-state index in [1.54, 1.807) is 63.8 Å². The molecular formula is C26H25ClFN5O3S. The lowest BCUT2D eigenvalue weighted by atomic mass is 10.2. The molecule has 192 valence electrons. The Hall–Kier alpha value is -4.02. The lowest BCUT2D eigenvalue weighted by Gasteiger charge is -2.11. The van der Waals surface area contributed by atoms with Gasteiger partial charge in [0.1, 0.15) is 12.4 Å². The number of nitrogens with one attached hydrogen (secondary N) is 1. The van der Waals surface area contributed by atoms with E-state index >= 15 is 0 Å². The predicted octanol–water partition coefficient (Wildman–Crippen LogP) is 5.57. The number of aromatic amines is 1. The molecule has 0 saturated carbocycles. The Kier molecular flexibility index (Phi) is 9.93. The third-order valence-corrected chi connectivity index (χ3v) is 5.26. The highest BCUT2D eigenvalue weighted by Crippen LogP contribution is 2.28. The fourth-order valence-electron chi connectivity index (χ4n) is 2.96. The van der Waals surface area contributed by atoms with E-state index in [9.17, 15) is 9.18 Å². The number of ether oxygens (including phenoxy) is 2. The number of rotatable bonds is 8. The standard InChI is InChI=1S/C23H18ClFN4O2S.C3H7NO/c1-30-21-11-16(7-10-20(21)31-14-15-5-8-19(25)9-6-15)13-26-29-22(27-28-23(29)32)17-3-2-4-18(24)12-17;1-4(2)3-5/h2-13H,14H2,1H3,(H,28,32);3H,1-2H3. The van der Waals surface area contributed by atoms with E-state index < -0.39 is 0 Å². The van der Waals surface area contributed by atoms with Crippen LogP contribution >= 0.6 is 23.8 Å². The molecule has 4 aromatic rings. The average molecular weight is 542 g/mol. The topological polar surface area (TPSA) is 84.7 Å². The van der Waals surface area contributed by atoms with E-state index in [1.807, 2.05) is 18.2 Å². The number of methoxy groups -OCH3 is 1. The second-order valence-corrected chi connectivity index (χ2v) is 8.64. The molecule has 3 aromatic carbocycles. The van der Waals surface area contributed by atoms with Crippen LogP contribution in [0.5, 0.6) is 11.5 Å². The zero-order valence-electron chi connectivity index (χ0n) is 20.4. The SMILES string of the molecule is CN(C)C=O.COc1cc(C=Nn2c(-c3cccc(Cl)c3)n[nH]c2=S)ccc1OCc1ccc(F)cc1. The summed E-state index contributed by atoms with van der Waals surface area (Å²) in [6, 6.07) is 18.8. The van der Waals surface area contributed by atoms with Gasteiger partial charge in [-0.2, -0.15) is 14.9 Å². The van der Waals surface area contributed by atoms with Gasteiger partial charge < -0.3 is 14.4 Å². The maximum atomic E-state index is 13.1. The molecule has 0 aliphatic rings. The second kappa shape index (κ2) is 13.3. The molecule has 1 aromatic heterocycles. The first-order valence-electron chi connectivity index (χ1n) is 11.0. The highest BCUT2D eigenvalue weighted by Gasteiger charge is 2.09. The molecule has 0 aliphatic heterocycles. The second-order valence-electron chi connectivity index (χ2n) is 7.81. The Morgan fingerprint density at radius 3 is 2.51 bits per heavy atom. The van der Waals surface area contributed by atoms with E-state index in [0.29, 0.717) is 27.1 Å². The summed E-state index contributed by atoms with van der Waals surface area (Å²) in [5.74, 6) is 1.36. The Bertz CT molecular complexity index is 1420. The summed E-state index contributed by atoms with van der Waals surface area (Å²) < 4.78 is 26.2. The summed E-state index contributed by atoms with van der Waals surface area (Å²) in [6.45, 7) is 0.289. The molecule has 0 atom stereocenters. The van der Waals surface area contributed by atoms with Crippen LogP contribution in [0.15, 0.2) is 71.8 Å². The molecule has 1 N–H and O–H groups in total. The van der Waals surface area contributed by atoms with E-state index in [-0.39, 0.29) is 12.4 Å². The average Bonchev–Trinajstić information content (AvgIpc) is 3.27. The Morgan fingerprint density at radius 1 is 1.14 bits per heavy atom. The summed E-state index contributed by atoms with van der Waals surface area (Å²) in [5, 5.41) is 12.1. The van der Waals surface area contributed by atoms with Crippen molar-refractivity contribution in [2.45, 2.75) is 6.61 Å². The van der Waals surface area contributed by atoms with Gasteiger partial charge >= 0.3 is 0 Å². The number of nitrogens with zero attached hydrogens (tertiary/aromatic N) is 4. The van der Waals surface area contributed by atoms with Crippen LogP contribution in [0.3, 0.4) is 0 Å². The number of hydrogen-bond acceptors (Lipinski definition) is 6.